The van der Waals surface area contributed by atoms with Gasteiger partial charge < -0.3 is 4.74 Å². The Labute approximate surface area is 136 Å². The molecule has 23 heavy (non-hydrogen) atoms. The molecule has 0 amide bonds. The molecular formula is C15H20FN3O3S. The Kier molecular flexibility index (Phi) is 6.47. The third-order valence-corrected chi connectivity index (χ3v) is 5.61. The first-order chi connectivity index (χ1) is 11.0. The Hall–Kier alpha value is -1.53. The van der Waals surface area contributed by atoms with Crippen molar-refractivity contribution in [1.29, 1.82) is 5.26 Å². The van der Waals surface area contributed by atoms with Crippen molar-refractivity contribution < 1.29 is 17.5 Å². The van der Waals surface area contributed by atoms with Crippen LogP contribution < -0.4 is 0 Å². The topological polar surface area (TPSA) is 73.6 Å². The minimum absolute atomic E-state index is 0.0406. The van der Waals surface area contributed by atoms with Crippen molar-refractivity contribution in [3.63, 3.8) is 0 Å². The lowest BCUT2D eigenvalue weighted by Crippen LogP contribution is -2.43. The van der Waals surface area contributed by atoms with Crippen LogP contribution in [0.5, 0.6) is 0 Å². The summed E-state index contributed by atoms with van der Waals surface area (Å²) in [6, 6.07) is 6.71. The van der Waals surface area contributed by atoms with Gasteiger partial charge in [-0.2, -0.15) is 9.57 Å². The normalized spacial score (nSPS) is 16.4. The van der Waals surface area contributed by atoms with Gasteiger partial charge in [-0.1, -0.05) is 0 Å². The van der Waals surface area contributed by atoms with Gasteiger partial charge in [-0.05, 0) is 24.3 Å². The summed E-state index contributed by atoms with van der Waals surface area (Å²) in [5.74, 6) is -0.485. The zero-order valence-electron chi connectivity index (χ0n) is 12.8. The van der Waals surface area contributed by atoms with Crippen LogP contribution in [0.15, 0.2) is 29.2 Å². The second-order valence-electron chi connectivity index (χ2n) is 5.22. The Balaban J connectivity index is 2.09. The molecule has 1 fully saturated rings. The number of morpholine rings is 1. The highest BCUT2D eigenvalue weighted by molar-refractivity contribution is 7.89. The van der Waals surface area contributed by atoms with Crippen LogP contribution in [0.25, 0.3) is 0 Å². The molecule has 1 saturated heterocycles. The Morgan fingerprint density at radius 1 is 1.22 bits per heavy atom. The Morgan fingerprint density at radius 3 is 2.48 bits per heavy atom. The molecule has 1 aliphatic rings. The first-order valence-corrected chi connectivity index (χ1v) is 8.91. The van der Waals surface area contributed by atoms with Crippen molar-refractivity contribution >= 4 is 10.0 Å². The van der Waals surface area contributed by atoms with Crippen LogP contribution in [0.4, 0.5) is 4.39 Å². The van der Waals surface area contributed by atoms with Crippen LogP contribution in [0.2, 0.25) is 0 Å². The molecule has 6 nitrogen and oxygen atoms in total. The molecule has 0 atom stereocenters. The molecule has 126 valence electrons. The van der Waals surface area contributed by atoms with Crippen LogP contribution >= 0.6 is 0 Å². The maximum absolute atomic E-state index is 13.0. The summed E-state index contributed by atoms with van der Waals surface area (Å²) in [5.41, 5.74) is 0. The lowest BCUT2D eigenvalue weighted by molar-refractivity contribution is 0.0363. The molecule has 1 aliphatic heterocycles. The van der Waals surface area contributed by atoms with E-state index in [9.17, 15) is 12.8 Å². The minimum atomic E-state index is -3.73. The van der Waals surface area contributed by atoms with E-state index in [2.05, 4.69) is 4.90 Å². The number of halogens is 1. The molecule has 0 aromatic heterocycles. The summed E-state index contributed by atoms with van der Waals surface area (Å²) < 4.78 is 44.9. The van der Waals surface area contributed by atoms with Gasteiger partial charge in [0.1, 0.15) is 5.82 Å². The number of nitrogens with zero attached hydrogens (tertiary/aromatic N) is 3. The van der Waals surface area contributed by atoms with Gasteiger partial charge in [-0.25, -0.2) is 12.8 Å². The van der Waals surface area contributed by atoms with Gasteiger partial charge in [0.25, 0.3) is 0 Å². The molecule has 0 saturated carbocycles. The van der Waals surface area contributed by atoms with Gasteiger partial charge >= 0.3 is 0 Å². The molecule has 0 unspecified atom stereocenters. The lowest BCUT2D eigenvalue weighted by atomic mass is 10.4. The number of hydrogen-bond acceptors (Lipinski definition) is 5. The third kappa shape index (κ3) is 4.97. The average molecular weight is 341 g/mol. The van der Waals surface area contributed by atoms with E-state index in [4.69, 9.17) is 10.00 Å². The quantitative estimate of drug-likeness (QED) is 0.741. The second-order valence-corrected chi connectivity index (χ2v) is 7.16. The van der Waals surface area contributed by atoms with E-state index in [0.717, 1.165) is 25.2 Å². The molecule has 2 rings (SSSR count). The smallest absolute Gasteiger partial charge is 0.243 e. The first-order valence-electron chi connectivity index (χ1n) is 7.47. The van der Waals surface area contributed by atoms with Gasteiger partial charge in [-0.3, -0.25) is 4.90 Å². The summed E-state index contributed by atoms with van der Waals surface area (Å²) in [4.78, 5) is 2.17. The predicted molar refractivity (Wildman–Crippen MR) is 82.6 cm³/mol. The highest BCUT2D eigenvalue weighted by Crippen LogP contribution is 2.16. The molecular weight excluding hydrogens is 321 g/mol. The van der Waals surface area contributed by atoms with Crippen LogP contribution in [0.3, 0.4) is 0 Å². The second kappa shape index (κ2) is 8.36. The molecule has 0 radical (unpaired) electrons. The number of benzene rings is 1. The maximum Gasteiger partial charge on any atom is 0.243 e. The third-order valence-electron chi connectivity index (χ3n) is 3.69. The summed E-state index contributed by atoms with van der Waals surface area (Å²) in [5, 5.41) is 8.76. The van der Waals surface area contributed by atoms with Crippen molar-refractivity contribution in [2.45, 2.75) is 11.3 Å². The summed E-state index contributed by atoms with van der Waals surface area (Å²) in [7, 11) is -3.73. The molecule has 0 bridgehead atoms. The molecule has 1 aromatic carbocycles. The fourth-order valence-electron chi connectivity index (χ4n) is 2.36. The van der Waals surface area contributed by atoms with Crippen LogP contribution in [-0.4, -0.2) is 63.6 Å². The van der Waals surface area contributed by atoms with Crippen molar-refractivity contribution in [3.8, 4) is 6.07 Å². The highest BCUT2D eigenvalue weighted by Gasteiger charge is 2.25. The summed E-state index contributed by atoms with van der Waals surface area (Å²) in [6.45, 7) is 3.81. The summed E-state index contributed by atoms with van der Waals surface area (Å²) >= 11 is 0. The van der Waals surface area contributed by atoms with E-state index in [1.165, 1.54) is 16.4 Å². The van der Waals surface area contributed by atoms with Gasteiger partial charge in [-0.15, -0.1) is 0 Å². The standard InChI is InChI=1S/C15H20FN3O3S/c16-14-2-4-15(5-3-14)23(20,21)19(7-1-6-17)9-8-18-10-12-22-13-11-18/h2-5H,1,7-13H2. The summed E-state index contributed by atoms with van der Waals surface area (Å²) in [6.07, 6.45) is 0.115. The largest absolute Gasteiger partial charge is 0.379 e. The predicted octanol–water partition coefficient (Wildman–Crippen LogP) is 1.06. The van der Waals surface area contributed by atoms with Crippen LogP contribution in [-0.2, 0) is 14.8 Å². The van der Waals surface area contributed by atoms with Gasteiger partial charge in [0.2, 0.25) is 10.0 Å². The maximum atomic E-state index is 13.0. The first kappa shape index (κ1) is 17.8. The van der Waals surface area contributed by atoms with E-state index in [1.807, 2.05) is 6.07 Å². The molecule has 8 heteroatoms. The fraction of sp³-hybridized carbons (Fsp3) is 0.533. The number of hydrogen-bond donors (Lipinski definition) is 0. The molecule has 0 aliphatic carbocycles. The number of rotatable bonds is 7. The van der Waals surface area contributed by atoms with E-state index >= 15 is 0 Å². The highest BCUT2D eigenvalue weighted by atomic mass is 32.2. The minimum Gasteiger partial charge on any atom is -0.379 e. The molecule has 0 spiro atoms. The number of ether oxygens (including phenoxy) is 1. The van der Waals surface area contributed by atoms with E-state index < -0.39 is 15.8 Å². The Morgan fingerprint density at radius 2 is 1.87 bits per heavy atom. The Bertz CT molecular complexity index is 637. The zero-order valence-corrected chi connectivity index (χ0v) is 13.6. The lowest BCUT2D eigenvalue weighted by Gasteiger charge is -2.29. The van der Waals surface area contributed by atoms with Crippen LogP contribution in [0.1, 0.15) is 6.42 Å². The van der Waals surface area contributed by atoms with Crippen molar-refractivity contribution in [2.75, 3.05) is 45.9 Å². The number of nitriles is 1. The molecule has 1 heterocycles. The fourth-order valence-corrected chi connectivity index (χ4v) is 3.79. The average Bonchev–Trinajstić information content (AvgIpc) is 2.56. The van der Waals surface area contributed by atoms with Gasteiger partial charge in [0.05, 0.1) is 24.2 Å². The van der Waals surface area contributed by atoms with Crippen molar-refractivity contribution in [2.24, 2.45) is 0 Å². The number of sulfonamides is 1. The molecule has 0 N–H and O–H groups in total. The van der Waals surface area contributed by atoms with E-state index in [0.29, 0.717) is 26.3 Å². The van der Waals surface area contributed by atoms with Crippen molar-refractivity contribution in [3.05, 3.63) is 30.1 Å². The zero-order chi connectivity index (χ0) is 16.7. The van der Waals surface area contributed by atoms with E-state index in [-0.39, 0.29) is 17.9 Å². The van der Waals surface area contributed by atoms with Crippen LogP contribution in [0, 0.1) is 17.1 Å². The van der Waals surface area contributed by atoms with E-state index in [1.54, 1.807) is 0 Å². The molecule has 1 aromatic rings. The van der Waals surface area contributed by atoms with Gasteiger partial charge in [0.15, 0.2) is 0 Å². The SMILES string of the molecule is N#CCCN(CCN1CCOCC1)S(=O)(=O)c1ccc(F)cc1. The van der Waals surface area contributed by atoms with Crippen molar-refractivity contribution in [1.82, 2.24) is 9.21 Å². The van der Waals surface area contributed by atoms with Gasteiger partial charge in [0, 0.05) is 39.1 Å². The monoisotopic (exact) mass is 341 g/mol.